The zero-order chi connectivity index (χ0) is 13.5. The van der Waals surface area contributed by atoms with Gasteiger partial charge in [-0.15, -0.1) is 11.5 Å². The molecule has 0 unspecified atom stereocenters. The van der Waals surface area contributed by atoms with Crippen LogP contribution in [0.25, 0.3) is 15.5 Å². The average Bonchev–Trinajstić information content (AvgIpc) is 2.67. The van der Waals surface area contributed by atoms with Gasteiger partial charge in [-0.25, -0.2) is 0 Å². The van der Waals surface area contributed by atoms with E-state index >= 15 is 0 Å². The summed E-state index contributed by atoms with van der Waals surface area (Å²) >= 11 is 1.37. The van der Waals surface area contributed by atoms with Crippen molar-refractivity contribution in [2.45, 2.75) is 20.3 Å². The van der Waals surface area contributed by atoms with Crippen LogP contribution in [0.15, 0.2) is 16.9 Å². The molecular formula is C13H19ArN3OSY-2. The fraction of sp³-hybridized carbons (Fsp3) is 0.462. The van der Waals surface area contributed by atoms with Crippen molar-refractivity contribution in [3.8, 4) is 0 Å². The van der Waals surface area contributed by atoms with E-state index in [9.17, 15) is 4.79 Å². The Bertz CT molecular complexity index is 548. The van der Waals surface area contributed by atoms with Gasteiger partial charge in [-0.1, -0.05) is 31.3 Å². The first kappa shape index (κ1) is 23.3. The van der Waals surface area contributed by atoms with Gasteiger partial charge < -0.3 is 15.6 Å². The van der Waals surface area contributed by atoms with Crippen molar-refractivity contribution in [3.05, 3.63) is 33.2 Å². The van der Waals surface area contributed by atoms with Crippen LogP contribution < -0.4 is 11.3 Å². The largest absolute Gasteiger partial charge is 0.662 e. The molecular weight excluding hydrogens is 375 g/mol. The van der Waals surface area contributed by atoms with E-state index < -0.39 is 0 Å². The van der Waals surface area contributed by atoms with E-state index in [1.54, 1.807) is 17.7 Å². The number of fused-ring (bicyclic) bond motifs is 1. The number of nitrogens with zero attached hydrogens (tertiary/aromatic N) is 2. The van der Waals surface area contributed by atoms with E-state index in [-0.39, 0.29) is 76.0 Å². The summed E-state index contributed by atoms with van der Waals surface area (Å²) in [6, 6.07) is 3.25. The monoisotopic (exact) mass is 394 g/mol. The number of nitrogens with two attached hydrogens (primary N) is 1. The molecule has 4 nitrogen and oxygen atoms in total. The number of nitrogen functional groups attached to an aromatic ring is 1. The number of thiophene rings is 1. The first-order valence-electron chi connectivity index (χ1n) is 6.09. The normalized spacial score (nSPS) is 11.6. The van der Waals surface area contributed by atoms with Crippen LogP contribution in [-0.2, 0) is 39.8 Å². The minimum Gasteiger partial charge on any atom is -0.662 e. The quantitative estimate of drug-likeness (QED) is 0.699. The predicted molar refractivity (Wildman–Crippen MR) is 79.4 cm³/mol. The van der Waals surface area contributed by atoms with Gasteiger partial charge in [0.1, 0.15) is 0 Å². The Balaban J connectivity index is 0. The van der Waals surface area contributed by atoms with E-state index in [4.69, 9.17) is 5.73 Å². The summed E-state index contributed by atoms with van der Waals surface area (Å²) < 4.78 is 1.58. The Morgan fingerprint density at radius 3 is 2.30 bits per heavy atom. The van der Waals surface area contributed by atoms with Crippen molar-refractivity contribution in [3.63, 3.8) is 0 Å². The molecule has 2 N–H and O–H groups in total. The zero-order valence-corrected chi connectivity index (χ0v) is 16.4. The molecule has 1 saturated heterocycles. The SMILES string of the molecule is C1C[N-]C1.CC.Cn1c(=O)ccc2c(N)[c-]sc21.[Ar].[Y]. The number of rotatable bonds is 0. The van der Waals surface area contributed by atoms with Gasteiger partial charge in [0.15, 0.2) is 0 Å². The second-order valence-corrected chi connectivity index (χ2v) is 4.39. The molecule has 111 valence electrons. The maximum Gasteiger partial charge on any atom is 0.238 e. The van der Waals surface area contributed by atoms with Gasteiger partial charge in [0.2, 0.25) is 5.56 Å². The van der Waals surface area contributed by atoms with Crippen molar-refractivity contribution in [1.29, 1.82) is 0 Å². The molecule has 2 aromatic rings. The summed E-state index contributed by atoms with van der Waals surface area (Å²) in [7, 11) is 1.73. The van der Waals surface area contributed by atoms with E-state index in [1.807, 2.05) is 13.8 Å². The van der Waals surface area contributed by atoms with Gasteiger partial charge in [-0.2, -0.15) is 13.1 Å². The number of hydrogen-bond donors (Lipinski definition) is 1. The molecule has 1 radical (unpaired) electrons. The fourth-order valence-electron chi connectivity index (χ4n) is 1.26. The van der Waals surface area contributed by atoms with Crippen LogP contribution in [-0.4, -0.2) is 17.7 Å². The van der Waals surface area contributed by atoms with Gasteiger partial charge in [0, 0.05) is 77.5 Å². The summed E-state index contributed by atoms with van der Waals surface area (Å²) in [4.78, 5) is 12.0. The van der Waals surface area contributed by atoms with Crippen molar-refractivity contribution in [2.24, 2.45) is 7.05 Å². The molecule has 0 saturated carbocycles. The summed E-state index contributed by atoms with van der Waals surface area (Å²) in [6.07, 6.45) is 1.33. The summed E-state index contributed by atoms with van der Waals surface area (Å²) in [6.45, 7) is 6.25. The first-order valence-corrected chi connectivity index (χ1v) is 6.91. The molecule has 1 aliphatic heterocycles. The number of hydrogen-bond acceptors (Lipinski definition) is 3. The van der Waals surface area contributed by atoms with Crippen molar-refractivity contribution >= 4 is 27.2 Å². The third-order valence-corrected chi connectivity index (χ3v) is 3.45. The van der Waals surface area contributed by atoms with Crippen LogP contribution in [0.3, 0.4) is 0 Å². The molecule has 7 heteroatoms. The van der Waals surface area contributed by atoms with Gasteiger partial charge >= 0.3 is 0 Å². The fourth-order valence-corrected chi connectivity index (χ4v) is 2.09. The second kappa shape index (κ2) is 12.6. The Morgan fingerprint density at radius 2 is 1.85 bits per heavy atom. The van der Waals surface area contributed by atoms with Crippen molar-refractivity contribution in [2.75, 3.05) is 18.8 Å². The van der Waals surface area contributed by atoms with Crippen LogP contribution in [0.4, 0.5) is 5.69 Å². The van der Waals surface area contributed by atoms with Gasteiger partial charge in [0.05, 0.1) is 0 Å². The van der Waals surface area contributed by atoms with Gasteiger partial charge in [-0.3, -0.25) is 16.1 Å². The average molecular weight is 394 g/mol. The van der Waals surface area contributed by atoms with E-state index in [0.717, 1.165) is 23.3 Å². The summed E-state index contributed by atoms with van der Waals surface area (Å²) in [5, 5.41) is 7.73. The molecule has 1 aliphatic rings. The molecule has 20 heavy (non-hydrogen) atoms. The van der Waals surface area contributed by atoms with Gasteiger partial charge in [-0.05, 0) is 10.9 Å². The molecule has 0 spiro atoms. The van der Waals surface area contributed by atoms with Crippen LogP contribution in [0.2, 0.25) is 0 Å². The number of anilines is 1. The smallest absolute Gasteiger partial charge is 0.238 e. The molecule has 3 heterocycles. The molecule has 0 atom stereocenters. The van der Waals surface area contributed by atoms with Gasteiger partial charge in [0.25, 0.3) is 0 Å². The molecule has 0 aliphatic carbocycles. The zero-order valence-electron chi connectivity index (χ0n) is 12.0. The third kappa shape index (κ3) is 6.43. The van der Waals surface area contributed by atoms with E-state index in [1.165, 1.54) is 23.8 Å². The van der Waals surface area contributed by atoms with E-state index in [2.05, 4.69) is 10.7 Å². The molecule has 1 fully saturated rings. The number of pyridine rings is 1. The minimum absolute atomic E-state index is 0. The standard InChI is InChI=1S/C8H7N2OS.C3H6N.C2H6.Ar.Y/c1-10-7(11)3-2-5-6(9)4-12-8(5)10;1-2-4-3-1;1-2;;/h2-3H,9H2,1H3;1-3H2;1-2H3;;/q2*-1;;;. The maximum absolute atomic E-state index is 11.2. The second-order valence-electron chi connectivity index (χ2n) is 3.59. The van der Waals surface area contributed by atoms with Crippen LogP contribution in [0.5, 0.6) is 0 Å². The topological polar surface area (TPSA) is 62.1 Å². The Morgan fingerprint density at radius 1 is 1.35 bits per heavy atom. The summed E-state index contributed by atoms with van der Waals surface area (Å²) in [5.74, 6) is 0. The Labute approximate surface area is 179 Å². The minimum atomic E-state index is -0.0160. The predicted octanol–water partition coefficient (Wildman–Crippen LogP) is 2.77. The van der Waals surface area contributed by atoms with Crippen LogP contribution in [0.1, 0.15) is 20.3 Å². The van der Waals surface area contributed by atoms with E-state index in [0.29, 0.717) is 5.69 Å². The van der Waals surface area contributed by atoms with Crippen LogP contribution in [0, 0.1) is 43.1 Å². The van der Waals surface area contributed by atoms with Crippen molar-refractivity contribution in [1.82, 2.24) is 4.57 Å². The van der Waals surface area contributed by atoms with Crippen molar-refractivity contribution < 1.29 is 70.4 Å². The third-order valence-electron chi connectivity index (χ3n) is 2.44. The number of aryl methyl sites for hydroxylation is 1. The molecule has 0 amide bonds. The molecule has 0 bridgehead atoms. The maximum atomic E-state index is 11.2. The Hall–Kier alpha value is 1.03. The first-order chi connectivity index (χ1) is 8.70. The Kier molecular flexibility index (Phi) is 14.6. The summed E-state index contributed by atoms with van der Waals surface area (Å²) in [5.41, 5.74) is 6.23. The molecule has 3 rings (SSSR count). The molecule has 2 aromatic heterocycles. The van der Waals surface area contributed by atoms with Crippen LogP contribution >= 0.6 is 11.3 Å². The number of aromatic nitrogens is 1. The molecule has 0 aromatic carbocycles.